The highest BCUT2D eigenvalue weighted by Crippen LogP contribution is 2.25. The van der Waals surface area contributed by atoms with Crippen molar-refractivity contribution in [2.45, 2.75) is 52.1 Å². The van der Waals surface area contributed by atoms with Crippen LogP contribution in [0.3, 0.4) is 0 Å². The van der Waals surface area contributed by atoms with E-state index in [2.05, 4.69) is 15.0 Å². The standard InChI is InChI=1S/C27H34N6O2/c1-3-22-18-25(30(2)29-22)27(35)32-14-9-24-21(19-32)17-23(20-7-10-28-11-8-20)26(34)33(24)16-15-31-12-5-4-6-13-31/h7-8,10-11,17-18H,3-6,9,12-16,19H2,1-2H3. The maximum Gasteiger partial charge on any atom is 0.272 e. The summed E-state index contributed by atoms with van der Waals surface area (Å²) >= 11 is 0. The fourth-order valence-corrected chi connectivity index (χ4v) is 5.35. The summed E-state index contributed by atoms with van der Waals surface area (Å²) in [5.74, 6) is -0.0122. The summed E-state index contributed by atoms with van der Waals surface area (Å²) in [6.07, 6.45) is 8.66. The molecule has 8 nitrogen and oxygen atoms in total. The topological polar surface area (TPSA) is 76.3 Å². The molecule has 184 valence electrons. The van der Waals surface area contributed by atoms with E-state index in [0.717, 1.165) is 48.6 Å². The van der Waals surface area contributed by atoms with Crippen LogP contribution in [0.4, 0.5) is 0 Å². The van der Waals surface area contributed by atoms with Gasteiger partial charge in [-0.05, 0) is 67.7 Å². The lowest BCUT2D eigenvalue weighted by Gasteiger charge is -2.32. The number of aromatic nitrogens is 4. The van der Waals surface area contributed by atoms with Gasteiger partial charge in [0.05, 0.1) is 5.69 Å². The van der Waals surface area contributed by atoms with Crippen LogP contribution in [0, 0.1) is 0 Å². The molecule has 0 aliphatic carbocycles. The Balaban J connectivity index is 1.48. The second kappa shape index (κ2) is 10.2. The van der Waals surface area contributed by atoms with Crippen LogP contribution >= 0.6 is 0 Å². The van der Waals surface area contributed by atoms with E-state index in [0.29, 0.717) is 37.3 Å². The monoisotopic (exact) mass is 474 g/mol. The van der Waals surface area contributed by atoms with Crippen molar-refractivity contribution >= 4 is 5.91 Å². The summed E-state index contributed by atoms with van der Waals surface area (Å²) in [7, 11) is 1.82. The Kier molecular flexibility index (Phi) is 6.81. The first kappa shape index (κ1) is 23.5. The molecule has 0 unspecified atom stereocenters. The number of fused-ring (bicyclic) bond motifs is 1. The predicted molar refractivity (Wildman–Crippen MR) is 135 cm³/mol. The first-order valence-electron chi connectivity index (χ1n) is 12.8. The largest absolute Gasteiger partial charge is 0.333 e. The van der Waals surface area contributed by atoms with Crippen molar-refractivity contribution in [3.05, 3.63) is 69.7 Å². The normalized spacial score (nSPS) is 16.3. The summed E-state index contributed by atoms with van der Waals surface area (Å²) in [6, 6.07) is 7.64. The summed E-state index contributed by atoms with van der Waals surface area (Å²) in [4.78, 5) is 35.5. The number of carbonyl (C=O) groups is 1. The van der Waals surface area contributed by atoms with Crippen LogP contribution in [0.2, 0.25) is 0 Å². The van der Waals surface area contributed by atoms with E-state index in [4.69, 9.17) is 0 Å². The van der Waals surface area contributed by atoms with Crippen LogP contribution in [0.1, 0.15) is 53.6 Å². The average molecular weight is 475 g/mol. The van der Waals surface area contributed by atoms with Crippen LogP contribution in [0.25, 0.3) is 11.1 Å². The molecule has 2 aliphatic heterocycles. The Morgan fingerprint density at radius 2 is 1.80 bits per heavy atom. The number of hydrogen-bond donors (Lipinski definition) is 0. The van der Waals surface area contributed by atoms with Gasteiger partial charge in [0, 0.05) is 63.3 Å². The summed E-state index contributed by atoms with van der Waals surface area (Å²) < 4.78 is 3.65. The summed E-state index contributed by atoms with van der Waals surface area (Å²) in [5, 5.41) is 4.45. The Hall–Kier alpha value is -3.26. The molecule has 5 heterocycles. The SMILES string of the molecule is CCc1cc(C(=O)N2CCc3c(cc(-c4ccncc4)c(=O)n3CCN3CCCCC3)C2)n(C)n1. The molecule has 0 bridgehead atoms. The number of piperidine rings is 1. The fourth-order valence-electron chi connectivity index (χ4n) is 5.35. The molecule has 8 heteroatoms. The number of amides is 1. The molecular weight excluding hydrogens is 440 g/mol. The number of aryl methyl sites for hydroxylation is 2. The number of pyridine rings is 2. The number of likely N-dealkylation sites (tertiary alicyclic amines) is 1. The zero-order chi connectivity index (χ0) is 24.4. The van der Waals surface area contributed by atoms with Gasteiger partial charge in [-0.3, -0.25) is 19.3 Å². The Morgan fingerprint density at radius 3 is 2.51 bits per heavy atom. The molecule has 3 aromatic rings. The van der Waals surface area contributed by atoms with Crippen LogP contribution in [-0.2, 0) is 33.0 Å². The fraction of sp³-hybridized carbons (Fsp3) is 0.481. The minimum atomic E-state index is -0.0122. The van der Waals surface area contributed by atoms with E-state index in [9.17, 15) is 9.59 Å². The second-order valence-electron chi connectivity index (χ2n) is 9.60. The average Bonchev–Trinajstić information content (AvgIpc) is 3.29. The van der Waals surface area contributed by atoms with Gasteiger partial charge in [-0.1, -0.05) is 13.3 Å². The Bertz CT molecular complexity index is 1260. The Labute approximate surface area is 206 Å². The van der Waals surface area contributed by atoms with Crippen molar-refractivity contribution in [3.63, 3.8) is 0 Å². The maximum absolute atomic E-state index is 13.7. The highest BCUT2D eigenvalue weighted by Gasteiger charge is 2.27. The molecule has 0 spiro atoms. The molecule has 35 heavy (non-hydrogen) atoms. The van der Waals surface area contributed by atoms with Gasteiger partial charge in [0.25, 0.3) is 11.5 Å². The van der Waals surface area contributed by atoms with Crippen LogP contribution < -0.4 is 5.56 Å². The summed E-state index contributed by atoms with van der Waals surface area (Å²) in [5.41, 5.74) is 5.22. The van der Waals surface area contributed by atoms with E-state index in [1.165, 1.54) is 19.3 Å². The number of carbonyl (C=O) groups excluding carboxylic acids is 1. The van der Waals surface area contributed by atoms with Gasteiger partial charge in [-0.2, -0.15) is 5.10 Å². The van der Waals surface area contributed by atoms with Crippen LogP contribution in [0.5, 0.6) is 0 Å². The third-order valence-electron chi connectivity index (χ3n) is 7.35. The molecule has 1 amide bonds. The Morgan fingerprint density at radius 1 is 1.03 bits per heavy atom. The number of hydrogen-bond acceptors (Lipinski definition) is 5. The molecule has 0 aromatic carbocycles. The van der Waals surface area contributed by atoms with Crippen LogP contribution in [-0.4, -0.2) is 61.2 Å². The van der Waals surface area contributed by atoms with Gasteiger partial charge in [0.15, 0.2) is 0 Å². The third-order valence-corrected chi connectivity index (χ3v) is 7.35. The molecule has 5 rings (SSSR count). The highest BCUT2D eigenvalue weighted by atomic mass is 16.2. The quantitative estimate of drug-likeness (QED) is 0.549. The van der Waals surface area contributed by atoms with Gasteiger partial charge in [-0.25, -0.2) is 0 Å². The lowest BCUT2D eigenvalue weighted by atomic mass is 9.99. The van der Waals surface area contributed by atoms with Crippen molar-refractivity contribution in [1.82, 2.24) is 29.1 Å². The zero-order valence-corrected chi connectivity index (χ0v) is 20.7. The van der Waals surface area contributed by atoms with E-state index < -0.39 is 0 Å². The van der Waals surface area contributed by atoms with Gasteiger partial charge in [0.2, 0.25) is 0 Å². The van der Waals surface area contributed by atoms with E-state index in [-0.39, 0.29) is 11.5 Å². The van der Waals surface area contributed by atoms with Crippen LogP contribution in [0.15, 0.2) is 41.5 Å². The molecule has 0 radical (unpaired) electrons. The molecule has 3 aromatic heterocycles. The first-order chi connectivity index (χ1) is 17.0. The zero-order valence-electron chi connectivity index (χ0n) is 20.7. The van der Waals surface area contributed by atoms with Crippen molar-refractivity contribution < 1.29 is 4.79 Å². The minimum absolute atomic E-state index is 0.0122. The molecular formula is C27H34N6O2. The third kappa shape index (κ3) is 4.80. The molecule has 0 atom stereocenters. The summed E-state index contributed by atoms with van der Waals surface area (Å²) in [6.45, 7) is 6.89. The molecule has 2 aliphatic rings. The second-order valence-corrected chi connectivity index (χ2v) is 9.60. The number of nitrogens with zero attached hydrogens (tertiary/aromatic N) is 6. The first-order valence-corrected chi connectivity index (χ1v) is 12.8. The minimum Gasteiger partial charge on any atom is -0.333 e. The van der Waals surface area contributed by atoms with Crippen molar-refractivity contribution in [2.75, 3.05) is 26.2 Å². The van der Waals surface area contributed by atoms with E-state index in [1.54, 1.807) is 17.1 Å². The van der Waals surface area contributed by atoms with Crippen molar-refractivity contribution in [2.24, 2.45) is 7.05 Å². The maximum atomic E-state index is 13.7. The molecule has 0 N–H and O–H groups in total. The smallest absolute Gasteiger partial charge is 0.272 e. The lowest BCUT2D eigenvalue weighted by molar-refractivity contribution is 0.0720. The lowest BCUT2D eigenvalue weighted by Crippen LogP contribution is -2.41. The van der Waals surface area contributed by atoms with Gasteiger partial charge in [0.1, 0.15) is 5.69 Å². The predicted octanol–water partition coefficient (Wildman–Crippen LogP) is 2.89. The van der Waals surface area contributed by atoms with Gasteiger partial charge >= 0.3 is 0 Å². The van der Waals surface area contributed by atoms with E-state index in [1.807, 2.05) is 47.7 Å². The van der Waals surface area contributed by atoms with Crippen molar-refractivity contribution in [1.29, 1.82) is 0 Å². The van der Waals surface area contributed by atoms with Gasteiger partial charge < -0.3 is 14.4 Å². The van der Waals surface area contributed by atoms with E-state index >= 15 is 0 Å². The number of rotatable bonds is 6. The molecule has 1 saturated heterocycles. The van der Waals surface area contributed by atoms with Gasteiger partial charge in [-0.15, -0.1) is 0 Å². The highest BCUT2D eigenvalue weighted by molar-refractivity contribution is 5.92. The molecule has 0 saturated carbocycles. The van der Waals surface area contributed by atoms with Crippen molar-refractivity contribution in [3.8, 4) is 11.1 Å². The molecule has 1 fully saturated rings.